The number of hydrogen-bond donors (Lipinski definition) is 2. The number of fused-ring (bicyclic) bond motifs is 1. The molecule has 0 saturated carbocycles. The molecule has 7 nitrogen and oxygen atoms in total. The zero-order valence-corrected chi connectivity index (χ0v) is 12.5. The standard InChI is InChI=1S/C16H17N3O4/c17-15(21)12-5-3-7-19(12)9-14(20)18-11-8-10-4-1-2-6-13(10)23-16(11)22/h1-2,4,6,8,12H,3,5,7,9H2,(H2,17,21)(H,18,20)/t12-/m1/s1. The van der Waals surface area contributed by atoms with Crippen LogP contribution in [0.5, 0.6) is 0 Å². The fraction of sp³-hybridized carbons (Fsp3) is 0.312. The van der Waals surface area contributed by atoms with Gasteiger partial charge in [0.25, 0.3) is 0 Å². The number of carbonyl (C=O) groups excluding carboxylic acids is 2. The Labute approximate surface area is 132 Å². The third kappa shape index (κ3) is 3.24. The SMILES string of the molecule is NC(=O)[C@H]1CCCN1CC(=O)Nc1cc2ccccc2oc1=O. The van der Waals surface area contributed by atoms with Crippen LogP contribution in [0.25, 0.3) is 11.0 Å². The van der Waals surface area contributed by atoms with E-state index in [-0.39, 0.29) is 18.1 Å². The molecule has 1 fully saturated rings. The van der Waals surface area contributed by atoms with Crippen molar-refractivity contribution in [1.29, 1.82) is 0 Å². The second kappa shape index (κ2) is 6.21. The van der Waals surface area contributed by atoms with E-state index in [1.54, 1.807) is 29.2 Å². The topological polar surface area (TPSA) is 106 Å². The van der Waals surface area contributed by atoms with E-state index >= 15 is 0 Å². The molecule has 0 bridgehead atoms. The summed E-state index contributed by atoms with van der Waals surface area (Å²) in [5.41, 5.74) is 5.27. The highest BCUT2D eigenvalue weighted by atomic mass is 16.4. The summed E-state index contributed by atoms with van der Waals surface area (Å²) < 4.78 is 5.17. The van der Waals surface area contributed by atoms with Crippen molar-refractivity contribution in [3.63, 3.8) is 0 Å². The zero-order chi connectivity index (χ0) is 16.4. The van der Waals surface area contributed by atoms with Gasteiger partial charge in [-0.3, -0.25) is 14.5 Å². The molecule has 3 N–H and O–H groups in total. The molecule has 0 aliphatic carbocycles. The van der Waals surface area contributed by atoms with Gasteiger partial charge in [0.15, 0.2) is 0 Å². The molecule has 1 atom stereocenters. The van der Waals surface area contributed by atoms with Gasteiger partial charge >= 0.3 is 5.63 Å². The summed E-state index contributed by atoms with van der Waals surface area (Å²) in [7, 11) is 0. The second-order valence-corrected chi connectivity index (χ2v) is 5.56. The molecule has 1 aromatic carbocycles. The Morgan fingerprint density at radius 1 is 1.35 bits per heavy atom. The highest BCUT2D eigenvalue weighted by molar-refractivity contribution is 5.94. The minimum absolute atomic E-state index is 0.0138. The summed E-state index contributed by atoms with van der Waals surface area (Å²) >= 11 is 0. The van der Waals surface area contributed by atoms with Gasteiger partial charge in [-0.2, -0.15) is 0 Å². The summed E-state index contributed by atoms with van der Waals surface area (Å²) in [5, 5.41) is 3.27. The maximum absolute atomic E-state index is 12.1. The number of nitrogens with zero attached hydrogens (tertiary/aromatic N) is 1. The van der Waals surface area contributed by atoms with Crippen molar-refractivity contribution >= 4 is 28.5 Å². The number of likely N-dealkylation sites (tertiary alicyclic amines) is 1. The molecule has 1 aliphatic rings. The third-order valence-corrected chi connectivity index (χ3v) is 3.95. The molecule has 2 aromatic rings. The molecule has 7 heteroatoms. The average Bonchev–Trinajstić information content (AvgIpc) is 2.96. The van der Waals surface area contributed by atoms with Gasteiger partial charge < -0.3 is 15.5 Å². The first-order valence-electron chi connectivity index (χ1n) is 7.41. The number of nitrogens with one attached hydrogen (secondary N) is 1. The quantitative estimate of drug-likeness (QED) is 0.807. The van der Waals surface area contributed by atoms with Crippen molar-refractivity contribution in [3.8, 4) is 0 Å². The summed E-state index contributed by atoms with van der Waals surface area (Å²) in [5.74, 6) is -0.804. The Morgan fingerprint density at radius 2 is 2.13 bits per heavy atom. The van der Waals surface area contributed by atoms with Crippen LogP contribution in [0, 0.1) is 0 Å². The first-order chi connectivity index (χ1) is 11.0. The average molecular weight is 315 g/mol. The van der Waals surface area contributed by atoms with Gasteiger partial charge in [-0.15, -0.1) is 0 Å². The molecule has 1 saturated heterocycles. The fourth-order valence-electron chi connectivity index (χ4n) is 2.86. The third-order valence-electron chi connectivity index (χ3n) is 3.95. The fourth-order valence-corrected chi connectivity index (χ4v) is 2.86. The Kier molecular flexibility index (Phi) is 4.12. The number of hydrogen-bond acceptors (Lipinski definition) is 5. The van der Waals surface area contributed by atoms with E-state index in [0.29, 0.717) is 18.5 Å². The van der Waals surface area contributed by atoms with E-state index in [4.69, 9.17) is 10.2 Å². The number of benzene rings is 1. The van der Waals surface area contributed by atoms with Crippen LogP contribution in [0.3, 0.4) is 0 Å². The van der Waals surface area contributed by atoms with E-state index in [2.05, 4.69) is 5.32 Å². The van der Waals surface area contributed by atoms with E-state index in [9.17, 15) is 14.4 Å². The van der Waals surface area contributed by atoms with Crippen molar-refractivity contribution in [2.75, 3.05) is 18.4 Å². The van der Waals surface area contributed by atoms with Crippen LogP contribution in [-0.4, -0.2) is 35.8 Å². The molecule has 0 unspecified atom stereocenters. The molecule has 0 spiro atoms. The first-order valence-corrected chi connectivity index (χ1v) is 7.41. The summed E-state index contributed by atoms with van der Waals surface area (Å²) in [4.78, 5) is 37.1. The Morgan fingerprint density at radius 3 is 2.91 bits per heavy atom. The molecule has 3 rings (SSSR count). The van der Waals surface area contributed by atoms with Crippen LogP contribution in [0.4, 0.5) is 5.69 Å². The Balaban J connectivity index is 1.74. The minimum atomic E-state index is -0.607. The predicted octanol–water partition coefficient (Wildman–Crippen LogP) is 0.681. The normalized spacial score (nSPS) is 18.2. The summed E-state index contributed by atoms with van der Waals surface area (Å²) in [6.45, 7) is 0.646. The van der Waals surface area contributed by atoms with Gasteiger partial charge in [0.1, 0.15) is 11.3 Å². The van der Waals surface area contributed by atoms with Crippen molar-refractivity contribution in [2.24, 2.45) is 5.73 Å². The van der Waals surface area contributed by atoms with Crippen molar-refractivity contribution in [2.45, 2.75) is 18.9 Å². The van der Waals surface area contributed by atoms with Crippen LogP contribution < -0.4 is 16.7 Å². The van der Waals surface area contributed by atoms with Gasteiger partial charge in [0.05, 0.1) is 12.6 Å². The number of primary amides is 1. The van der Waals surface area contributed by atoms with Crippen LogP contribution in [0.15, 0.2) is 39.5 Å². The predicted molar refractivity (Wildman–Crippen MR) is 84.9 cm³/mol. The zero-order valence-electron chi connectivity index (χ0n) is 12.5. The van der Waals surface area contributed by atoms with Gasteiger partial charge in [-0.1, -0.05) is 18.2 Å². The van der Waals surface area contributed by atoms with E-state index in [1.807, 2.05) is 6.07 Å². The van der Waals surface area contributed by atoms with Crippen LogP contribution in [0.2, 0.25) is 0 Å². The lowest BCUT2D eigenvalue weighted by molar-refractivity contribution is -0.123. The molecule has 2 amide bonds. The molecule has 1 aliphatic heterocycles. The lowest BCUT2D eigenvalue weighted by Crippen LogP contribution is -2.44. The van der Waals surface area contributed by atoms with Crippen molar-refractivity contribution in [1.82, 2.24) is 4.90 Å². The largest absolute Gasteiger partial charge is 0.421 e. The van der Waals surface area contributed by atoms with Gasteiger partial charge in [-0.25, -0.2) is 4.79 Å². The van der Waals surface area contributed by atoms with Gasteiger partial charge in [0, 0.05) is 5.39 Å². The smallest absolute Gasteiger partial charge is 0.360 e. The number of amides is 2. The van der Waals surface area contributed by atoms with E-state index < -0.39 is 17.6 Å². The molecule has 120 valence electrons. The molecule has 23 heavy (non-hydrogen) atoms. The van der Waals surface area contributed by atoms with Gasteiger partial charge in [0.2, 0.25) is 11.8 Å². The second-order valence-electron chi connectivity index (χ2n) is 5.56. The van der Waals surface area contributed by atoms with Gasteiger partial charge in [-0.05, 0) is 31.5 Å². The number of nitrogens with two attached hydrogens (primary N) is 1. The molecule has 1 aromatic heterocycles. The lowest BCUT2D eigenvalue weighted by atomic mass is 10.2. The number of rotatable bonds is 4. The van der Waals surface area contributed by atoms with Crippen LogP contribution >= 0.6 is 0 Å². The molecule has 2 heterocycles. The van der Waals surface area contributed by atoms with Crippen LogP contribution in [-0.2, 0) is 9.59 Å². The first kappa shape index (κ1) is 15.2. The van der Waals surface area contributed by atoms with Crippen molar-refractivity contribution < 1.29 is 14.0 Å². The maximum atomic E-state index is 12.1. The summed E-state index contributed by atoms with van der Waals surface area (Å²) in [6, 6.07) is 8.21. The lowest BCUT2D eigenvalue weighted by Gasteiger charge is -2.20. The minimum Gasteiger partial charge on any atom is -0.421 e. The number of anilines is 1. The number of carbonyl (C=O) groups is 2. The Bertz CT molecular complexity index is 814. The number of para-hydroxylation sites is 1. The van der Waals surface area contributed by atoms with Crippen LogP contribution in [0.1, 0.15) is 12.8 Å². The Hall–Kier alpha value is -2.67. The summed E-state index contributed by atoms with van der Waals surface area (Å²) in [6.07, 6.45) is 1.47. The highest BCUT2D eigenvalue weighted by Crippen LogP contribution is 2.17. The molecule has 0 radical (unpaired) electrons. The van der Waals surface area contributed by atoms with E-state index in [1.165, 1.54) is 0 Å². The monoisotopic (exact) mass is 315 g/mol. The molecular formula is C16H17N3O4. The highest BCUT2D eigenvalue weighted by Gasteiger charge is 2.30. The van der Waals surface area contributed by atoms with E-state index in [0.717, 1.165) is 11.8 Å². The molecular weight excluding hydrogens is 298 g/mol. The maximum Gasteiger partial charge on any atom is 0.360 e. The van der Waals surface area contributed by atoms with Crippen molar-refractivity contribution in [3.05, 3.63) is 40.8 Å².